The molecule has 0 spiro atoms. The number of hydrogen-bond donors (Lipinski definition) is 1. The molecule has 0 heterocycles. The van der Waals surface area contributed by atoms with Crippen LogP contribution >= 0.6 is 0 Å². The number of rotatable bonds is 4. The largest absolute Gasteiger partial charge is 0.496 e. The normalized spacial score (nSPS) is 22.6. The molecule has 2 unspecified atom stereocenters. The minimum Gasteiger partial charge on any atom is -0.496 e. The minimum atomic E-state index is 0.195. The first-order valence-electron chi connectivity index (χ1n) is 8.22. The van der Waals surface area contributed by atoms with Crippen LogP contribution in [-0.2, 0) is 0 Å². The molecule has 0 amide bonds. The molecule has 2 rings (SSSR count). The lowest BCUT2D eigenvalue weighted by Gasteiger charge is -2.28. The minimum absolute atomic E-state index is 0.195. The van der Waals surface area contributed by atoms with E-state index in [0.29, 0.717) is 5.92 Å². The summed E-state index contributed by atoms with van der Waals surface area (Å²) >= 11 is 0. The highest BCUT2D eigenvalue weighted by Gasteiger charge is 2.31. The van der Waals surface area contributed by atoms with Gasteiger partial charge in [-0.15, -0.1) is 0 Å². The van der Waals surface area contributed by atoms with Crippen LogP contribution < -0.4 is 10.1 Å². The lowest BCUT2D eigenvalue weighted by atomic mass is 9.86. The van der Waals surface area contributed by atoms with Crippen LogP contribution in [0.15, 0.2) is 12.1 Å². The van der Waals surface area contributed by atoms with E-state index in [1.807, 2.05) is 7.11 Å². The molecule has 118 valence electrons. The average molecular weight is 289 g/mol. The molecule has 0 aromatic heterocycles. The fourth-order valence-corrected chi connectivity index (χ4v) is 3.50. The molecule has 2 nitrogen and oxygen atoms in total. The standard InChI is InChI=1S/C19H31NO/c1-13-10-11-17(18(21-6)14(13)2)16-9-7-8-15(16)12-20-19(3,4)5/h10-11,15-16,20H,7-9,12H2,1-6H3. The highest BCUT2D eigenvalue weighted by atomic mass is 16.5. The zero-order chi connectivity index (χ0) is 15.6. The van der Waals surface area contributed by atoms with Crippen molar-refractivity contribution < 1.29 is 4.74 Å². The second-order valence-corrected chi connectivity index (χ2v) is 7.56. The maximum absolute atomic E-state index is 5.74. The summed E-state index contributed by atoms with van der Waals surface area (Å²) in [7, 11) is 1.81. The van der Waals surface area contributed by atoms with Gasteiger partial charge in [-0.25, -0.2) is 0 Å². The SMILES string of the molecule is COc1c(C2CCCC2CNC(C)(C)C)ccc(C)c1C. The van der Waals surface area contributed by atoms with Crippen molar-refractivity contribution in [3.05, 3.63) is 28.8 Å². The first-order chi connectivity index (χ1) is 9.83. The van der Waals surface area contributed by atoms with Crippen LogP contribution in [0, 0.1) is 19.8 Å². The summed E-state index contributed by atoms with van der Waals surface area (Å²) < 4.78 is 5.74. The first-order valence-corrected chi connectivity index (χ1v) is 8.22. The van der Waals surface area contributed by atoms with Gasteiger partial charge in [-0.2, -0.15) is 0 Å². The molecule has 1 aromatic carbocycles. The number of methoxy groups -OCH3 is 1. The van der Waals surface area contributed by atoms with E-state index >= 15 is 0 Å². The third-order valence-corrected chi connectivity index (χ3v) is 4.86. The fraction of sp³-hybridized carbons (Fsp3) is 0.684. The number of benzene rings is 1. The second kappa shape index (κ2) is 6.39. The van der Waals surface area contributed by atoms with Crippen molar-refractivity contribution >= 4 is 0 Å². The van der Waals surface area contributed by atoms with Gasteiger partial charge in [0.2, 0.25) is 0 Å². The summed E-state index contributed by atoms with van der Waals surface area (Å²) in [6.45, 7) is 12.2. The van der Waals surface area contributed by atoms with Crippen molar-refractivity contribution in [2.45, 2.75) is 65.3 Å². The zero-order valence-electron chi connectivity index (χ0n) is 14.5. The molecule has 2 atom stereocenters. The quantitative estimate of drug-likeness (QED) is 0.875. The lowest BCUT2D eigenvalue weighted by Crippen LogP contribution is -2.39. The fourth-order valence-electron chi connectivity index (χ4n) is 3.50. The maximum atomic E-state index is 5.74. The van der Waals surface area contributed by atoms with Gasteiger partial charge in [0, 0.05) is 5.54 Å². The van der Waals surface area contributed by atoms with Crippen LogP contribution in [0.25, 0.3) is 0 Å². The van der Waals surface area contributed by atoms with E-state index in [1.54, 1.807) is 0 Å². The highest BCUT2D eigenvalue weighted by Crippen LogP contribution is 2.44. The Bertz CT molecular complexity index is 487. The predicted molar refractivity (Wildman–Crippen MR) is 90.3 cm³/mol. The molecule has 1 aromatic rings. The van der Waals surface area contributed by atoms with Crippen LogP contribution in [-0.4, -0.2) is 19.2 Å². The molecule has 0 saturated heterocycles. The molecular formula is C19H31NO. The van der Waals surface area contributed by atoms with Crippen molar-refractivity contribution in [3.63, 3.8) is 0 Å². The number of ether oxygens (including phenoxy) is 1. The summed E-state index contributed by atoms with van der Waals surface area (Å²) in [4.78, 5) is 0. The molecule has 2 heteroatoms. The van der Waals surface area contributed by atoms with E-state index in [4.69, 9.17) is 4.74 Å². The number of aryl methyl sites for hydroxylation is 1. The average Bonchev–Trinajstić information content (AvgIpc) is 2.87. The Labute approximate surface area is 130 Å². The van der Waals surface area contributed by atoms with E-state index in [9.17, 15) is 0 Å². The Balaban J connectivity index is 2.22. The van der Waals surface area contributed by atoms with E-state index in [1.165, 1.54) is 36.0 Å². The van der Waals surface area contributed by atoms with Gasteiger partial charge in [-0.1, -0.05) is 18.6 Å². The highest BCUT2D eigenvalue weighted by molar-refractivity contribution is 5.47. The van der Waals surface area contributed by atoms with Crippen molar-refractivity contribution in [2.24, 2.45) is 5.92 Å². The van der Waals surface area contributed by atoms with Gasteiger partial charge in [-0.05, 0) is 82.5 Å². The Morgan fingerprint density at radius 1 is 1.19 bits per heavy atom. The molecular weight excluding hydrogens is 258 g/mol. The van der Waals surface area contributed by atoms with E-state index < -0.39 is 0 Å². The summed E-state index contributed by atoms with van der Waals surface area (Å²) in [6.07, 6.45) is 3.94. The molecule has 21 heavy (non-hydrogen) atoms. The molecule has 1 aliphatic carbocycles. The Morgan fingerprint density at radius 2 is 1.90 bits per heavy atom. The van der Waals surface area contributed by atoms with Gasteiger partial charge in [0.05, 0.1) is 7.11 Å². The van der Waals surface area contributed by atoms with Crippen LogP contribution in [0.5, 0.6) is 5.75 Å². The predicted octanol–water partition coefficient (Wildman–Crippen LogP) is 4.58. The molecule has 1 aliphatic rings. The number of hydrogen-bond acceptors (Lipinski definition) is 2. The van der Waals surface area contributed by atoms with E-state index in [2.05, 4.69) is 52.1 Å². The van der Waals surface area contributed by atoms with Gasteiger partial charge < -0.3 is 10.1 Å². The smallest absolute Gasteiger partial charge is 0.125 e. The monoisotopic (exact) mass is 289 g/mol. The summed E-state index contributed by atoms with van der Waals surface area (Å²) in [5.74, 6) is 2.47. The van der Waals surface area contributed by atoms with Gasteiger partial charge in [0.15, 0.2) is 0 Å². The molecule has 1 fully saturated rings. The maximum Gasteiger partial charge on any atom is 0.125 e. The third-order valence-electron chi connectivity index (χ3n) is 4.86. The summed E-state index contributed by atoms with van der Waals surface area (Å²) in [5, 5.41) is 3.69. The summed E-state index contributed by atoms with van der Waals surface area (Å²) in [5.41, 5.74) is 4.22. The second-order valence-electron chi connectivity index (χ2n) is 7.56. The van der Waals surface area contributed by atoms with Crippen LogP contribution in [0.2, 0.25) is 0 Å². The van der Waals surface area contributed by atoms with E-state index in [0.717, 1.165) is 18.2 Å². The molecule has 1 saturated carbocycles. The third kappa shape index (κ3) is 3.79. The first kappa shape index (κ1) is 16.4. The molecule has 0 radical (unpaired) electrons. The van der Waals surface area contributed by atoms with Gasteiger partial charge >= 0.3 is 0 Å². The van der Waals surface area contributed by atoms with Gasteiger partial charge in [0.1, 0.15) is 5.75 Å². The van der Waals surface area contributed by atoms with Crippen molar-refractivity contribution in [1.29, 1.82) is 0 Å². The van der Waals surface area contributed by atoms with Crippen LogP contribution in [0.4, 0.5) is 0 Å². The molecule has 1 N–H and O–H groups in total. The topological polar surface area (TPSA) is 21.3 Å². The van der Waals surface area contributed by atoms with Crippen molar-refractivity contribution in [3.8, 4) is 5.75 Å². The Hall–Kier alpha value is -1.02. The molecule has 0 bridgehead atoms. The van der Waals surface area contributed by atoms with Gasteiger partial charge in [-0.3, -0.25) is 0 Å². The van der Waals surface area contributed by atoms with Gasteiger partial charge in [0.25, 0.3) is 0 Å². The van der Waals surface area contributed by atoms with Crippen molar-refractivity contribution in [1.82, 2.24) is 5.32 Å². The van der Waals surface area contributed by atoms with Crippen LogP contribution in [0.1, 0.15) is 62.6 Å². The lowest BCUT2D eigenvalue weighted by molar-refractivity contribution is 0.348. The van der Waals surface area contributed by atoms with Crippen molar-refractivity contribution in [2.75, 3.05) is 13.7 Å². The zero-order valence-corrected chi connectivity index (χ0v) is 14.5. The van der Waals surface area contributed by atoms with E-state index in [-0.39, 0.29) is 5.54 Å². The molecule has 0 aliphatic heterocycles. The number of nitrogens with one attached hydrogen (secondary N) is 1. The van der Waals surface area contributed by atoms with Crippen LogP contribution in [0.3, 0.4) is 0 Å². The Kier molecular flexibility index (Phi) is 4.98. The summed E-state index contributed by atoms with van der Waals surface area (Å²) in [6, 6.07) is 4.54. The Morgan fingerprint density at radius 3 is 2.52 bits per heavy atom.